The van der Waals surface area contributed by atoms with Crippen LogP contribution in [0.25, 0.3) is 16.2 Å². The van der Waals surface area contributed by atoms with Crippen molar-refractivity contribution in [2.45, 2.75) is 6.54 Å². The first-order chi connectivity index (χ1) is 12.2. The number of benzene rings is 2. The Labute approximate surface area is 153 Å². The maximum atomic E-state index is 12.6. The topological polar surface area (TPSA) is 46.4 Å². The molecule has 124 valence electrons. The predicted molar refractivity (Wildman–Crippen MR) is 101 cm³/mol. The van der Waals surface area contributed by atoms with E-state index in [-0.39, 0.29) is 5.91 Å². The first-order valence-corrected chi connectivity index (χ1v) is 9.02. The van der Waals surface area contributed by atoms with E-state index in [1.807, 2.05) is 70.6 Å². The average molecular weight is 368 g/mol. The van der Waals surface area contributed by atoms with Crippen LogP contribution in [0.1, 0.15) is 16.1 Å². The van der Waals surface area contributed by atoms with Gasteiger partial charge < -0.3 is 5.32 Å². The summed E-state index contributed by atoms with van der Waals surface area (Å²) in [6.07, 6.45) is 1.89. The first-order valence-electron chi connectivity index (χ1n) is 7.76. The van der Waals surface area contributed by atoms with Crippen molar-refractivity contribution in [2.75, 3.05) is 0 Å². The maximum absolute atomic E-state index is 12.6. The lowest BCUT2D eigenvalue weighted by atomic mass is 10.2. The van der Waals surface area contributed by atoms with Gasteiger partial charge in [-0.1, -0.05) is 60.1 Å². The number of imidazole rings is 1. The average Bonchev–Trinajstić information content (AvgIpc) is 3.22. The highest BCUT2D eigenvalue weighted by atomic mass is 35.5. The summed E-state index contributed by atoms with van der Waals surface area (Å²) in [5, 5.41) is 5.38. The molecule has 0 spiro atoms. The van der Waals surface area contributed by atoms with Crippen LogP contribution >= 0.6 is 22.9 Å². The molecule has 0 aliphatic rings. The van der Waals surface area contributed by atoms with Gasteiger partial charge in [0.25, 0.3) is 5.91 Å². The summed E-state index contributed by atoms with van der Waals surface area (Å²) >= 11 is 7.58. The van der Waals surface area contributed by atoms with Gasteiger partial charge in [-0.05, 0) is 11.6 Å². The van der Waals surface area contributed by atoms with Crippen LogP contribution in [-0.2, 0) is 6.54 Å². The number of fused-ring (bicyclic) bond motifs is 1. The van der Waals surface area contributed by atoms with Crippen molar-refractivity contribution < 1.29 is 4.79 Å². The van der Waals surface area contributed by atoms with Gasteiger partial charge in [-0.25, -0.2) is 4.98 Å². The minimum absolute atomic E-state index is 0.150. The Bertz CT molecular complexity index is 1040. The molecule has 0 radical (unpaired) electrons. The third-order valence-corrected chi connectivity index (χ3v) is 5.12. The molecule has 0 aliphatic heterocycles. The Kier molecular flexibility index (Phi) is 4.26. The number of carbonyl (C=O) groups is 1. The van der Waals surface area contributed by atoms with E-state index in [0.29, 0.717) is 17.3 Å². The molecular formula is C19H14ClN3OS. The lowest BCUT2D eigenvalue weighted by Crippen LogP contribution is -2.24. The zero-order valence-corrected chi connectivity index (χ0v) is 14.7. The smallest absolute Gasteiger partial charge is 0.269 e. The van der Waals surface area contributed by atoms with Gasteiger partial charge in [0.2, 0.25) is 0 Å². The van der Waals surface area contributed by atoms with Crippen LogP contribution in [0.3, 0.4) is 0 Å². The molecule has 0 atom stereocenters. The number of hydrogen-bond donors (Lipinski definition) is 1. The first kappa shape index (κ1) is 15.9. The second kappa shape index (κ2) is 6.70. The summed E-state index contributed by atoms with van der Waals surface area (Å²) in [4.78, 5) is 17.9. The van der Waals surface area contributed by atoms with Gasteiger partial charge in [0.05, 0.1) is 5.69 Å². The number of rotatable bonds is 4. The van der Waals surface area contributed by atoms with E-state index >= 15 is 0 Å². The molecule has 0 saturated carbocycles. The van der Waals surface area contributed by atoms with Crippen LogP contribution in [0.15, 0.2) is 66.2 Å². The Hall–Kier alpha value is -2.63. The zero-order valence-electron chi connectivity index (χ0n) is 13.1. The molecule has 0 unspecified atom stereocenters. The molecule has 25 heavy (non-hydrogen) atoms. The lowest BCUT2D eigenvalue weighted by Gasteiger charge is -2.06. The van der Waals surface area contributed by atoms with Gasteiger partial charge in [-0.2, -0.15) is 0 Å². The van der Waals surface area contributed by atoms with Crippen molar-refractivity contribution in [3.63, 3.8) is 0 Å². The van der Waals surface area contributed by atoms with Gasteiger partial charge in [0.1, 0.15) is 5.69 Å². The normalized spacial score (nSPS) is 10.9. The Morgan fingerprint density at radius 3 is 2.68 bits per heavy atom. The minimum atomic E-state index is -0.150. The van der Waals surface area contributed by atoms with E-state index in [4.69, 9.17) is 11.6 Å². The quantitative estimate of drug-likeness (QED) is 0.570. The van der Waals surface area contributed by atoms with E-state index in [1.54, 1.807) is 0 Å². The molecule has 0 aliphatic carbocycles. The van der Waals surface area contributed by atoms with Gasteiger partial charge in [-0.3, -0.25) is 9.20 Å². The third-order valence-electron chi connectivity index (χ3n) is 3.91. The molecule has 0 bridgehead atoms. The number of nitrogens with zero attached hydrogens (tertiary/aromatic N) is 2. The highest BCUT2D eigenvalue weighted by molar-refractivity contribution is 7.15. The summed E-state index contributed by atoms with van der Waals surface area (Å²) in [5.41, 5.74) is 3.34. The number of aromatic nitrogens is 2. The van der Waals surface area contributed by atoms with Crippen molar-refractivity contribution in [3.05, 3.63) is 82.5 Å². The van der Waals surface area contributed by atoms with Crippen molar-refractivity contribution >= 4 is 33.8 Å². The monoisotopic (exact) mass is 367 g/mol. The number of thiazole rings is 1. The third kappa shape index (κ3) is 3.16. The fraction of sp³-hybridized carbons (Fsp3) is 0.0526. The molecule has 2 aromatic heterocycles. The number of hydrogen-bond acceptors (Lipinski definition) is 3. The Morgan fingerprint density at radius 2 is 1.88 bits per heavy atom. The molecule has 1 amide bonds. The Balaban J connectivity index is 1.58. The summed E-state index contributed by atoms with van der Waals surface area (Å²) < 4.78 is 1.83. The van der Waals surface area contributed by atoms with Gasteiger partial charge in [0.15, 0.2) is 4.96 Å². The minimum Gasteiger partial charge on any atom is -0.347 e. The molecule has 6 heteroatoms. The molecule has 4 nitrogen and oxygen atoms in total. The van der Waals surface area contributed by atoms with Crippen molar-refractivity contribution in [3.8, 4) is 11.3 Å². The van der Waals surface area contributed by atoms with Gasteiger partial charge in [-0.15, -0.1) is 11.3 Å². The van der Waals surface area contributed by atoms with E-state index < -0.39 is 0 Å². The molecule has 2 aromatic carbocycles. The fourth-order valence-electron chi connectivity index (χ4n) is 2.60. The van der Waals surface area contributed by atoms with E-state index in [0.717, 1.165) is 21.8 Å². The predicted octanol–water partition coefficient (Wildman–Crippen LogP) is 4.65. The van der Waals surface area contributed by atoms with Gasteiger partial charge >= 0.3 is 0 Å². The van der Waals surface area contributed by atoms with E-state index in [9.17, 15) is 4.79 Å². The number of amides is 1. The maximum Gasteiger partial charge on any atom is 0.269 e. The number of halogens is 1. The highest BCUT2D eigenvalue weighted by Gasteiger charge is 2.15. The number of nitrogens with one attached hydrogen (secondary N) is 1. The van der Waals surface area contributed by atoms with Crippen molar-refractivity contribution in [1.82, 2.24) is 14.7 Å². The highest BCUT2D eigenvalue weighted by Crippen LogP contribution is 2.23. The SMILES string of the molecule is O=C(NCc1ccccc1Cl)c1csc2nc(-c3ccccc3)cn12. The summed E-state index contributed by atoms with van der Waals surface area (Å²) in [6, 6.07) is 17.4. The van der Waals surface area contributed by atoms with E-state index in [1.165, 1.54) is 11.3 Å². The second-order valence-electron chi connectivity index (χ2n) is 5.54. The molecule has 2 heterocycles. The summed E-state index contributed by atoms with van der Waals surface area (Å²) in [6.45, 7) is 0.385. The zero-order chi connectivity index (χ0) is 17.2. The standard InChI is InChI=1S/C19H14ClN3OS/c20-15-9-5-4-8-14(15)10-21-18(24)17-12-25-19-22-16(11-23(17)19)13-6-2-1-3-7-13/h1-9,11-12H,10H2,(H,21,24). The fourth-order valence-corrected chi connectivity index (χ4v) is 3.66. The second-order valence-corrected chi connectivity index (χ2v) is 6.78. The molecule has 0 fully saturated rings. The van der Waals surface area contributed by atoms with Crippen LogP contribution in [0.4, 0.5) is 0 Å². The van der Waals surface area contributed by atoms with Crippen molar-refractivity contribution in [2.24, 2.45) is 0 Å². The molecule has 4 aromatic rings. The largest absolute Gasteiger partial charge is 0.347 e. The van der Waals surface area contributed by atoms with Crippen LogP contribution < -0.4 is 5.32 Å². The summed E-state index contributed by atoms with van der Waals surface area (Å²) in [7, 11) is 0. The lowest BCUT2D eigenvalue weighted by molar-refractivity contribution is 0.0945. The molecule has 1 N–H and O–H groups in total. The van der Waals surface area contributed by atoms with Crippen LogP contribution in [0.2, 0.25) is 5.02 Å². The van der Waals surface area contributed by atoms with Gasteiger partial charge in [0, 0.05) is 28.7 Å². The molecule has 0 saturated heterocycles. The number of carbonyl (C=O) groups excluding carboxylic acids is 1. The Morgan fingerprint density at radius 1 is 1.12 bits per heavy atom. The van der Waals surface area contributed by atoms with Crippen molar-refractivity contribution in [1.29, 1.82) is 0 Å². The molecular weight excluding hydrogens is 354 g/mol. The van der Waals surface area contributed by atoms with Crippen LogP contribution in [-0.4, -0.2) is 15.3 Å². The van der Waals surface area contributed by atoms with Crippen LogP contribution in [0.5, 0.6) is 0 Å². The molecule has 4 rings (SSSR count). The summed E-state index contributed by atoms with van der Waals surface area (Å²) in [5.74, 6) is -0.150. The van der Waals surface area contributed by atoms with Crippen LogP contribution in [0, 0.1) is 0 Å². The van der Waals surface area contributed by atoms with E-state index in [2.05, 4.69) is 10.3 Å².